The molecule has 36 heavy (non-hydrogen) atoms. The van der Waals surface area contributed by atoms with Crippen molar-refractivity contribution in [1.82, 2.24) is 0 Å². The minimum Gasteiger partial charge on any atom is -0.478 e. The molecule has 0 spiro atoms. The maximum absolute atomic E-state index is 13.5. The van der Waals surface area contributed by atoms with E-state index in [1.54, 1.807) is 0 Å². The number of anilines is 1. The van der Waals surface area contributed by atoms with Crippen LogP contribution in [0.1, 0.15) is 93.7 Å². The van der Waals surface area contributed by atoms with Crippen molar-refractivity contribution >= 4 is 23.1 Å². The van der Waals surface area contributed by atoms with Crippen LogP contribution >= 0.6 is 0 Å². The number of rotatable bonds is 8. The molecule has 0 atom stereocenters. The smallest absolute Gasteiger partial charge is 0.328 e. The lowest BCUT2D eigenvalue weighted by Gasteiger charge is -2.55. The molecule has 2 aromatic carbocycles. The van der Waals surface area contributed by atoms with Crippen LogP contribution in [0.4, 0.5) is 5.69 Å². The molecule has 0 radical (unpaired) electrons. The van der Waals surface area contributed by atoms with E-state index >= 15 is 0 Å². The Kier molecular flexibility index (Phi) is 5.81. The summed E-state index contributed by atoms with van der Waals surface area (Å²) in [4.78, 5) is 26.7. The first-order valence-corrected chi connectivity index (χ1v) is 13.8. The van der Waals surface area contributed by atoms with Gasteiger partial charge in [-0.25, -0.2) is 4.79 Å². The van der Waals surface area contributed by atoms with Gasteiger partial charge in [-0.15, -0.1) is 0 Å². The van der Waals surface area contributed by atoms with Gasteiger partial charge in [-0.05, 0) is 122 Å². The highest BCUT2D eigenvalue weighted by Crippen LogP contribution is 2.58. The number of carbonyl (C=O) groups excluding carboxylic acids is 1. The van der Waals surface area contributed by atoms with E-state index in [1.165, 1.54) is 68.6 Å². The van der Waals surface area contributed by atoms with Gasteiger partial charge >= 0.3 is 5.97 Å². The Balaban J connectivity index is 1.22. The molecule has 0 unspecified atom stereocenters. The zero-order valence-corrected chi connectivity index (χ0v) is 21.3. The van der Waals surface area contributed by atoms with Crippen molar-refractivity contribution in [3.05, 3.63) is 71.3 Å². The van der Waals surface area contributed by atoms with Crippen molar-refractivity contribution < 1.29 is 14.7 Å². The van der Waals surface area contributed by atoms with E-state index in [0.717, 1.165) is 36.6 Å². The molecule has 0 saturated heterocycles. The fraction of sp³-hybridized carbons (Fsp3) is 0.500. The number of hydrogen-bond donors (Lipinski definition) is 1. The number of amides is 1. The molecule has 0 aromatic heterocycles. The van der Waals surface area contributed by atoms with Crippen molar-refractivity contribution in [1.29, 1.82) is 0 Å². The average molecular weight is 484 g/mol. The van der Waals surface area contributed by atoms with Gasteiger partial charge in [0.2, 0.25) is 5.91 Å². The van der Waals surface area contributed by atoms with Crippen molar-refractivity contribution in [2.75, 3.05) is 11.4 Å². The molecule has 1 N–H and O–H groups in total. The molecule has 4 heteroatoms. The maximum atomic E-state index is 13.5. The topological polar surface area (TPSA) is 57.6 Å². The van der Waals surface area contributed by atoms with Crippen LogP contribution in [0.15, 0.2) is 54.6 Å². The van der Waals surface area contributed by atoms with Crippen LogP contribution in [0.2, 0.25) is 0 Å². The molecule has 188 valence electrons. The monoisotopic (exact) mass is 483 g/mol. The Morgan fingerprint density at radius 3 is 2.19 bits per heavy atom. The number of hydrogen-bond acceptors (Lipinski definition) is 2. The highest BCUT2D eigenvalue weighted by atomic mass is 16.4. The maximum Gasteiger partial charge on any atom is 0.328 e. The van der Waals surface area contributed by atoms with Crippen LogP contribution in [0, 0.1) is 11.3 Å². The van der Waals surface area contributed by atoms with E-state index in [4.69, 9.17) is 0 Å². The summed E-state index contributed by atoms with van der Waals surface area (Å²) >= 11 is 0. The Labute approximate surface area is 214 Å². The van der Waals surface area contributed by atoms with Gasteiger partial charge in [0.25, 0.3) is 0 Å². The molecule has 0 heterocycles. The van der Waals surface area contributed by atoms with E-state index < -0.39 is 5.97 Å². The number of aliphatic carboxylic acids is 1. The van der Waals surface area contributed by atoms with Gasteiger partial charge in [0.1, 0.15) is 0 Å². The van der Waals surface area contributed by atoms with Gasteiger partial charge in [-0.3, -0.25) is 4.79 Å². The van der Waals surface area contributed by atoms with Crippen molar-refractivity contribution in [3.63, 3.8) is 0 Å². The quantitative estimate of drug-likeness (QED) is 0.408. The van der Waals surface area contributed by atoms with Crippen molar-refractivity contribution in [2.45, 2.75) is 82.5 Å². The standard InChI is InChI=1S/C32H37NO3/c1-22(19-29(34)35)26-3-2-4-28(20-26)33(30(36)25-7-8-25)21-31-13-16-32(17-14-31,18-15-31)27-11-9-24(10-12-27)23-5-6-23/h2-4,9-12,19-20,23,25H,5-8,13-18,21H2,1H3,(H,34,35)/b22-19+. The largest absolute Gasteiger partial charge is 0.478 e. The van der Waals surface area contributed by atoms with E-state index in [1.807, 2.05) is 31.2 Å². The number of carboxylic acids is 1. The zero-order valence-electron chi connectivity index (χ0n) is 21.3. The molecule has 5 fully saturated rings. The number of allylic oxidation sites excluding steroid dienone is 1. The summed E-state index contributed by atoms with van der Waals surface area (Å²) in [6, 6.07) is 17.5. The predicted molar refractivity (Wildman–Crippen MR) is 143 cm³/mol. The number of benzene rings is 2. The molecular weight excluding hydrogens is 446 g/mol. The van der Waals surface area contributed by atoms with Crippen LogP contribution < -0.4 is 4.90 Å². The Bertz CT molecular complexity index is 1180. The Morgan fingerprint density at radius 1 is 0.944 bits per heavy atom. The van der Waals surface area contributed by atoms with Gasteiger partial charge < -0.3 is 10.0 Å². The van der Waals surface area contributed by atoms with Gasteiger partial charge in [-0.2, -0.15) is 0 Å². The van der Waals surface area contributed by atoms with Crippen LogP contribution in [-0.4, -0.2) is 23.5 Å². The van der Waals surface area contributed by atoms with E-state index in [-0.39, 0.29) is 17.2 Å². The van der Waals surface area contributed by atoms with Gasteiger partial charge in [-0.1, -0.05) is 36.4 Å². The van der Waals surface area contributed by atoms with E-state index in [0.29, 0.717) is 11.0 Å². The van der Waals surface area contributed by atoms with E-state index in [2.05, 4.69) is 29.2 Å². The molecule has 0 aliphatic heterocycles. The molecule has 5 aliphatic carbocycles. The molecule has 4 nitrogen and oxygen atoms in total. The molecule has 2 aromatic rings. The highest BCUT2D eigenvalue weighted by molar-refractivity contribution is 5.97. The third-order valence-corrected chi connectivity index (χ3v) is 9.61. The van der Waals surface area contributed by atoms with Gasteiger partial charge in [0.05, 0.1) is 0 Å². The van der Waals surface area contributed by atoms with Crippen LogP contribution in [-0.2, 0) is 15.0 Å². The molecule has 2 bridgehead atoms. The fourth-order valence-electron chi connectivity index (χ4n) is 6.83. The second-order valence-electron chi connectivity index (χ2n) is 12.1. The number of nitrogens with zero attached hydrogens (tertiary/aromatic N) is 1. The lowest BCUT2D eigenvalue weighted by Crippen LogP contribution is -2.51. The molecule has 7 rings (SSSR count). The first-order valence-electron chi connectivity index (χ1n) is 13.8. The van der Waals surface area contributed by atoms with Crippen LogP contribution in [0.5, 0.6) is 0 Å². The predicted octanol–water partition coefficient (Wildman–Crippen LogP) is 7.09. The lowest BCUT2D eigenvalue weighted by atomic mass is 9.51. The second kappa shape index (κ2) is 8.90. The summed E-state index contributed by atoms with van der Waals surface area (Å²) in [6.07, 6.45) is 13.0. The first kappa shape index (κ1) is 23.5. The SMILES string of the molecule is C/C(=C\C(=O)O)c1cccc(N(CC23CCC(c4ccc(C5CC5)cc4)(CC2)CC3)C(=O)C2CC2)c1. The third-order valence-electron chi connectivity index (χ3n) is 9.61. The van der Waals surface area contributed by atoms with Crippen molar-refractivity contribution in [3.8, 4) is 0 Å². The normalized spacial score (nSPS) is 27.6. The van der Waals surface area contributed by atoms with E-state index in [9.17, 15) is 14.7 Å². The lowest BCUT2D eigenvalue weighted by molar-refractivity contribution is -0.131. The molecule has 5 saturated carbocycles. The molecular formula is C32H37NO3. The zero-order chi connectivity index (χ0) is 24.9. The highest BCUT2D eigenvalue weighted by Gasteiger charge is 2.51. The Hall–Kier alpha value is -2.88. The third kappa shape index (κ3) is 4.51. The summed E-state index contributed by atoms with van der Waals surface area (Å²) in [7, 11) is 0. The minimum absolute atomic E-state index is 0.150. The summed E-state index contributed by atoms with van der Waals surface area (Å²) in [5.41, 5.74) is 6.02. The second-order valence-corrected chi connectivity index (χ2v) is 12.1. The Morgan fingerprint density at radius 2 is 1.61 bits per heavy atom. The minimum atomic E-state index is -0.947. The summed E-state index contributed by atoms with van der Waals surface area (Å²) in [5.74, 6) is 0.257. The fourth-order valence-corrected chi connectivity index (χ4v) is 6.83. The summed E-state index contributed by atoms with van der Waals surface area (Å²) in [6.45, 7) is 2.60. The average Bonchev–Trinajstić information content (AvgIpc) is 3.81. The molecule has 5 aliphatic rings. The van der Waals surface area contributed by atoms with Crippen LogP contribution in [0.3, 0.4) is 0 Å². The van der Waals surface area contributed by atoms with Crippen LogP contribution in [0.25, 0.3) is 5.57 Å². The number of fused-ring (bicyclic) bond motifs is 3. The summed E-state index contributed by atoms with van der Waals surface area (Å²) < 4.78 is 0. The van der Waals surface area contributed by atoms with Crippen molar-refractivity contribution in [2.24, 2.45) is 11.3 Å². The number of carbonyl (C=O) groups is 2. The molecule has 1 amide bonds. The number of carboxylic acid groups (broad SMARTS) is 1. The van der Waals surface area contributed by atoms with Gasteiger partial charge in [0.15, 0.2) is 0 Å². The first-order chi connectivity index (χ1) is 17.4. The van der Waals surface area contributed by atoms with Gasteiger partial charge in [0, 0.05) is 24.2 Å². The summed E-state index contributed by atoms with van der Waals surface area (Å²) in [5, 5.41) is 9.18.